The molecular weight excluding hydrogens is 471 g/mol. The van der Waals surface area contributed by atoms with Crippen LogP contribution in [-0.2, 0) is 27.5 Å². The van der Waals surface area contributed by atoms with E-state index in [1.165, 1.54) is 43.3 Å². The van der Waals surface area contributed by atoms with Gasteiger partial charge >= 0.3 is 22.3 Å². The number of hydrogen-bond acceptors (Lipinski definition) is 6. The number of esters is 1. The normalized spacial score (nSPS) is 12.1. The van der Waals surface area contributed by atoms with E-state index < -0.39 is 33.7 Å². The lowest BCUT2D eigenvalue weighted by Crippen LogP contribution is -2.17. The van der Waals surface area contributed by atoms with Crippen LogP contribution < -0.4 is 4.18 Å². The van der Waals surface area contributed by atoms with E-state index >= 15 is 0 Å². The molecule has 1 aromatic heterocycles. The highest BCUT2D eigenvalue weighted by molar-refractivity contribution is 7.86. The second-order valence-corrected chi connectivity index (χ2v) is 8.78. The molecule has 0 unspecified atom stereocenters. The molecule has 0 saturated carbocycles. The van der Waals surface area contributed by atoms with Crippen LogP contribution in [0.25, 0.3) is 10.9 Å². The topological polar surface area (TPSA) is 82.6 Å². The largest absolute Gasteiger partial charge is 0.462 e. The summed E-state index contributed by atoms with van der Waals surface area (Å²) in [7, 11) is -4.12. The van der Waals surface area contributed by atoms with Crippen LogP contribution in [0.15, 0.2) is 42.5 Å². The first kappa shape index (κ1) is 23.8. The van der Waals surface area contributed by atoms with Crippen molar-refractivity contribution in [3.8, 4) is 5.88 Å². The third-order valence-corrected chi connectivity index (χ3v) is 5.12. The van der Waals surface area contributed by atoms with Crippen LogP contribution in [0, 0.1) is 0 Å². The Labute approximate surface area is 187 Å². The van der Waals surface area contributed by atoms with Gasteiger partial charge in [-0.1, -0.05) is 29.8 Å². The lowest BCUT2D eigenvalue weighted by Gasteiger charge is -2.18. The molecule has 0 fully saturated rings. The average molecular weight is 488 g/mol. The molecule has 0 spiro atoms. The van der Waals surface area contributed by atoms with E-state index in [1.807, 2.05) is 0 Å². The SMILES string of the molecule is CCOC(=O)c1c(OS(C)(=O)=O)nc2ccc(Cl)cc2c1Cc1ccccc1C(F)(F)F. The maximum atomic E-state index is 13.6. The first-order valence-corrected chi connectivity index (χ1v) is 11.4. The van der Waals surface area contributed by atoms with Crippen molar-refractivity contribution < 1.29 is 35.3 Å². The number of nitrogens with zero attached hydrogens (tertiary/aromatic N) is 1. The lowest BCUT2D eigenvalue weighted by atomic mass is 9.93. The average Bonchev–Trinajstić information content (AvgIpc) is 2.67. The molecule has 32 heavy (non-hydrogen) atoms. The molecule has 0 bridgehead atoms. The molecular formula is C21H17ClF3NO5S. The Hall–Kier alpha value is -2.85. The van der Waals surface area contributed by atoms with Crippen molar-refractivity contribution in [3.05, 3.63) is 69.7 Å². The second-order valence-electron chi connectivity index (χ2n) is 6.77. The Bertz CT molecular complexity index is 1290. The van der Waals surface area contributed by atoms with Gasteiger partial charge in [-0.2, -0.15) is 21.6 Å². The van der Waals surface area contributed by atoms with Crippen molar-refractivity contribution in [1.82, 2.24) is 4.98 Å². The van der Waals surface area contributed by atoms with Gasteiger partial charge in [-0.3, -0.25) is 0 Å². The first-order valence-electron chi connectivity index (χ1n) is 9.24. The number of carbonyl (C=O) groups excluding carboxylic acids is 1. The van der Waals surface area contributed by atoms with E-state index in [9.17, 15) is 26.4 Å². The number of ether oxygens (including phenoxy) is 1. The van der Waals surface area contributed by atoms with Crippen molar-refractivity contribution in [2.75, 3.05) is 12.9 Å². The Morgan fingerprint density at radius 1 is 1.16 bits per heavy atom. The Morgan fingerprint density at radius 3 is 2.47 bits per heavy atom. The summed E-state index contributed by atoms with van der Waals surface area (Å²) in [6, 6.07) is 9.22. The highest BCUT2D eigenvalue weighted by Crippen LogP contribution is 2.37. The lowest BCUT2D eigenvalue weighted by molar-refractivity contribution is -0.138. The van der Waals surface area contributed by atoms with Crippen molar-refractivity contribution in [2.45, 2.75) is 19.5 Å². The third-order valence-electron chi connectivity index (χ3n) is 4.42. The van der Waals surface area contributed by atoms with Gasteiger partial charge in [0.25, 0.3) is 0 Å². The molecule has 0 atom stereocenters. The summed E-state index contributed by atoms with van der Waals surface area (Å²) in [4.78, 5) is 16.9. The van der Waals surface area contributed by atoms with Crippen LogP contribution in [0.3, 0.4) is 0 Å². The molecule has 3 rings (SSSR count). The maximum absolute atomic E-state index is 13.6. The van der Waals surface area contributed by atoms with Gasteiger partial charge < -0.3 is 8.92 Å². The van der Waals surface area contributed by atoms with E-state index in [-0.39, 0.29) is 45.6 Å². The summed E-state index contributed by atoms with van der Waals surface area (Å²) in [6.07, 6.45) is -4.27. The van der Waals surface area contributed by atoms with E-state index in [0.717, 1.165) is 12.3 Å². The smallest absolute Gasteiger partial charge is 0.416 e. The minimum absolute atomic E-state index is 0.0475. The van der Waals surface area contributed by atoms with Gasteiger partial charge in [-0.25, -0.2) is 9.78 Å². The summed E-state index contributed by atoms with van der Waals surface area (Å²) < 4.78 is 74.3. The number of carbonyl (C=O) groups is 1. The van der Waals surface area contributed by atoms with Crippen molar-refractivity contribution in [1.29, 1.82) is 0 Å². The molecule has 0 amide bonds. The fourth-order valence-electron chi connectivity index (χ4n) is 3.22. The number of benzene rings is 2. The van der Waals surface area contributed by atoms with Crippen molar-refractivity contribution in [3.63, 3.8) is 0 Å². The second kappa shape index (κ2) is 8.95. The van der Waals surface area contributed by atoms with Gasteiger partial charge in [0.15, 0.2) is 0 Å². The van der Waals surface area contributed by atoms with Gasteiger partial charge in [-0.15, -0.1) is 0 Å². The Kier molecular flexibility index (Phi) is 6.66. The van der Waals surface area contributed by atoms with Gasteiger partial charge in [0.1, 0.15) is 5.56 Å². The summed E-state index contributed by atoms with van der Waals surface area (Å²) in [5, 5.41) is 0.509. The van der Waals surface area contributed by atoms with Crippen LogP contribution in [0.4, 0.5) is 13.2 Å². The standard InChI is InChI=1S/C21H17ClF3NO5S/c1-3-30-20(27)18-15(10-12-6-4-5-7-16(12)21(23,24)25)14-11-13(22)8-9-17(14)26-19(18)31-32(2,28)29/h4-9,11H,3,10H2,1-2H3. The molecule has 2 aromatic carbocycles. The number of alkyl halides is 3. The van der Waals surface area contributed by atoms with E-state index in [4.69, 9.17) is 20.5 Å². The molecule has 0 N–H and O–H groups in total. The first-order chi connectivity index (χ1) is 14.9. The van der Waals surface area contributed by atoms with Crippen LogP contribution in [-0.4, -0.2) is 32.2 Å². The van der Waals surface area contributed by atoms with Crippen molar-refractivity contribution in [2.24, 2.45) is 0 Å². The minimum atomic E-state index is -4.65. The summed E-state index contributed by atoms with van der Waals surface area (Å²) in [5.74, 6) is -1.57. The molecule has 6 nitrogen and oxygen atoms in total. The molecule has 0 aliphatic carbocycles. The quantitative estimate of drug-likeness (QED) is 0.359. The highest BCUT2D eigenvalue weighted by Gasteiger charge is 2.34. The van der Waals surface area contributed by atoms with E-state index in [0.29, 0.717) is 0 Å². The van der Waals surface area contributed by atoms with Gasteiger partial charge in [0.05, 0.1) is 23.9 Å². The van der Waals surface area contributed by atoms with Crippen molar-refractivity contribution >= 4 is 38.6 Å². The number of halogens is 4. The van der Waals surface area contributed by atoms with Gasteiger partial charge in [0.2, 0.25) is 5.88 Å². The highest BCUT2D eigenvalue weighted by atomic mass is 35.5. The summed E-state index contributed by atoms with van der Waals surface area (Å²) in [5.41, 5.74) is -1.19. The minimum Gasteiger partial charge on any atom is -0.462 e. The number of hydrogen-bond donors (Lipinski definition) is 0. The zero-order valence-electron chi connectivity index (χ0n) is 16.9. The molecule has 1 heterocycles. The summed E-state index contributed by atoms with van der Waals surface area (Å²) in [6.45, 7) is 1.46. The predicted octanol–water partition coefficient (Wildman–Crippen LogP) is 5.01. The monoisotopic (exact) mass is 487 g/mol. The number of rotatable bonds is 6. The third kappa shape index (κ3) is 5.31. The van der Waals surface area contributed by atoms with Gasteiger partial charge in [0, 0.05) is 10.4 Å². The molecule has 0 saturated heterocycles. The van der Waals surface area contributed by atoms with Crippen LogP contribution in [0.5, 0.6) is 5.88 Å². The molecule has 3 aromatic rings. The van der Waals surface area contributed by atoms with Crippen LogP contribution in [0.2, 0.25) is 5.02 Å². The molecule has 0 aliphatic heterocycles. The molecule has 170 valence electrons. The van der Waals surface area contributed by atoms with E-state index in [1.54, 1.807) is 0 Å². The number of fused-ring (bicyclic) bond motifs is 1. The Morgan fingerprint density at radius 2 is 1.84 bits per heavy atom. The number of aromatic nitrogens is 1. The number of pyridine rings is 1. The predicted molar refractivity (Wildman–Crippen MR) is 112 cm³/mol. The fourth-order valence-corrected chi connectivity index (χ4v) is 3.80. The molecule has 0 aliphatic rings. The molecule has 11 heteroatoms. The zero-order valence-corrected chi connectivity index (χ0v) is 18.4. The molecule has 0 radical (unpaired) electrons. The summed E-state index contributed by atoms with van der Waals surface area (Å²) >= 11 is 6.09. The maximum Gasteiger partial charge on any atom is 0.416 e. The fraction of sp³-hybridized carbons (Fsp3) is 0.238. The van der Waals surface area contributed by atoms with Gasteiger partial charge in [-0.05, 0) is 48.7 Å². The Balaban J connectivity index is 2.37. The van der Waals surface area contributed by atoms with E-state index in [2.05, 4.69) is 4.98 Å². The zero-order chi connectivity index (χ0) is 23.7. The van der Waals surface area contributed by atoms with Crippen LogP contribution in [0.1, 0.15) is 34.0 Å². The van der Waals surface area contributed by atoms with Crippen LogP contribution >= 0.6 is 11.6 Å².